The molecular weight excluding hydrogens is 220 g/mol. The summed E-state index contributed by atoms with van der Waals surface area (Å²) >= 11 is 0. The summed E-state index contributed by atoms with van der Waals surface area (Å²) in [6.07, 6.45) is 2.92. The number of ether oxygens (including phenoxy) is 1. The van der Waals surface area contributed by atoms with Crippen molar-refractivity contribution in [3.05, 3.63) is 29.3 Å². The molecule has 0 spiro atoms. The highest BCUT2D eigenvalue weighted by Gasteiger charge is 2.08. The van der Waals surface area contributed by atoms with Gasteiger partial charge in [-0.15, -0.1) is 11.8 Å². The van der Waals surface area contributed by atoms with Crippen molar-refractivity contribution < 1.29 is 4.74 Å². The van der Waals surface area contributed by atoms with Crippen LogP contribution in [0.4, 0.5) is 0 Å². The summed E-state index contributed by atoms with van der Waals surface area (Å²) in [6.45, 7) is 9.25. The molecule has 0 radical (unpaired) electrons. The van der Waals surface area contributed by atoms with Gasteiger partial charge in [-0.05, 0) is 36.5 Å². The molecule has 0 saturated heterocycles. The van der Waals surface area contributed by atoms with Gasteiger partial charge in [0.15, 0.2) is 0 Å². The van der Waals surface area contributed by atoms with Gasteiger partial charge < -0.3 is 4.74 Å². The van der Waals surface area contributed by atoms with Gasteiger partial charge in [0.2, 0.25) is 0 Å². The highest BCUT2D eigenvalue weighted by Crippen LogP contribution is 2.28. The molecule has 0 aliphatic rings. The summed E-state index contributed by atoms with van der Waals surface area (Å²) in [5, 5.41) is 0. The third-order valence-electron chi connectivity index (χ3n) is 2.84. The lowest BCUT2D eigenvalue weighted by atomic mass is 9.98. The Bertz CT molecular complexity index is 421. The lowest BCUT2D eigenvalue weighted by Crippen LogP contribution is -1.99. The van der Waals surface area contributed by atoms with Crippen molar-refractivity contribution in [2.75, 3.05) is 6.61 Å². The zero-order chi connectivity index (χ0) is 13.4. The second kappa shape index (κ2) is 7.82. The summed E-state index contributed by atoms with van der Waals surface area (Å²) in [4.78, 5) is 0. The van der Waals surface area contributed by atoms with E-state index in [2.05, 4.69) is 50.8 Å². The normalized spacial score (nSPS) is 10.1. The summed E-state index contributed by atoms with van der Waals surface area (Å²) in [7, 11) is 0. The van der Waals surface area contributed by atoms with Crippen LogP contribution in [0.1, 0.15) is 57.6 Å². The molecule has 18 heavy (non-hydrogen) atoms. The number of rotatable bonds is 5. The monoisotopic (exact) mass is 244 g/mol. The van der Waals surface area contributed by atoms with Gasteiger partial charge in [0.05, 0.1) is 6.61 Å². The average Bonchev–Trinajstić information content (AvgIpc) is 2.36. The molecule has 0 amide bonds. The standard InChI is InChI=1S/C17H24O/c1-5-7-8-9-10-15-11-12-17(18-6-2)16(13-15)14(3)4/h11-14H,5-6,9-10H2,1-4H3. The lowest BCUT2D eigenvalue weighted by molar-refractivity contribution is 0.335. The maximum atomic E-state index is 5.67. The highest BCUT2D eigenvalue weighted by atomic mass is 16.5. The molecule has 0 unspecified atom stereocenters. The Morgan fingerprint density at radius 1 is 1.17 bits per heavy atom. The van der Waals surface area contributed by atoms with E-state index in [0.717, 1.165) is 31.6 Å². The Morgan fingerprint density at radius 3 is 2.56 bits per heavy atom. The van der Waals surface area contributed by atoms with E-state index in [1.54, 1.807) is 0 Å². The predicted molar refractivity (Wildman–Crippen MR) is 78.1 cm³/mol. The first kappa shape index (κ1) is 14.6. The maximum absolute atomic E-state index is 5.67. The maximum Gasteiger partial charge on any atom is 0.122 e. The average molecular weight is 244 g/mol. The van der Waals surface area contributed by atoms with Gasteiger partial charge >= 0.3 is 0 Å². The fourth-order valence-electron chi connectivity index (χ4n) is 1.91. The van der Waals surface area contributed by atoms with E-state index in [-0.39, 0.29) is 0 Å². The summed E-state index contributed by atoms with van der Waals surface area (Å²) in [5.41, 5.74) is 2.66. The molecule has 1 rings (SSSR count). The number of aryl methyl sites for hydroxylation is 1. The molecule has 1 heteroatoms. The zero-order valence-corrected chi connectivity index (χ0v) is 12.0. The third-order valence-corrected chi connectivity index (χ3v) is 2.84. The first-order valence-corrected chi connectivity index (χ1v) is 6.90. The van der Waals surface area contributed by atoms with Gasteiger partial charge in [-0.2, -0.15) is 0 Å². The van der Waals surface area contributed by atoms with E-state index in [1.165, 1.54) is 11.1 Å². The van der Waals surface area contributed by atoms with Crippen LogP contribution in [0.25, 0.3) is 0 Å². The van der Waals surface area contributed by atoms with Crippen molar-refractivity contribution >= 4 is 0 Å². The molecule has 0 aliphatic heterocycles. The second-order valence-electron chi connectivity index (χ2n) is 4.67. The van der Waals surface area contributed by atoms with Gasteiger partial charge in [0.1, 0.15) is 5.75 Å². The minimum absolute atomic E-state index is 0.494. The smallest absolute Gasteiger partial charge is 0.122 e. The van der Waals surface area contributed by atoms with Gasteiger partial charge in [-0.1, -0.05) is 32.9 Å². The van der Waals surface area contributed by atoms with Gasteiger partial charge in [0.25, 0.3) is 0 Å². The van der Waals surface area contributed by atoms with Crippen molar-refractivity contribution in [3.63, 3.8) is 0 Å². The van der Waals surface area contributed by atoms with Crippen LogP contribution < -0.4 is 4.74 Å². The predicted octanol–water partition coefficient (Wildman–Crippen LogP) is 4.55. The van der Waals surface area contributed by atoms with E-state index in [0.29, 0.717) is 5.92 Å². The van der Waals surface area contributed by atoms with Gasteiger partial charge in [-0.3, -0.25) is 0 Å². The minimum atomic E-state index is 0.494. The Labute approximate surface area is 112 Å². The molecule has 0 bridgehead atoms. The topological polar surface area (TPSA) is 9.23 Å². The molecule has 0 aliphatic carbocycles. The largest absolute Gasteiger partial charge is 0.494 e. The summed E-state index contributed by atoms with van der Waals surface area (Å²) < 4.78 is 5.67. The van der Waals surface area contributed by atoms with E-state index in [4.69, 9.17) is 4.74 Å². The van der Waals surface area contributed by atoms with Crippen molar-refractivity contribution in [1.82, 2.24) is 0 Å². The molecule has 0 saturated carbocycles. The van der Waals surface area contributed by atoms with Crippen molar-refractivity contribution in [2.45, 2.75) is 52.9 Å². The van der Waals surface area contributed by atoms with Crippen molar-refractivity contribution in [2.24, 2.45) is 0 Å². The minimum Gasteiger partial charge on any atom is -0.494 e. The molecule has 0 atom stereocenters. The van der Waals surface area contributed by atoms with Crippen molar-refractivity contribution in [1.29, 1.82) is 0 Å². The van der Waals surface area contributed by atoms with Gasteiger partial charge in [0, 0.05) is 12.8 Å². The van der Waals surface area contributed by atoms with Crippen LogP contribution in [0.5, 0.6) is 5.75 Å². The van der Waals surface area contributed by atoms with E-state index in [1.807, 2.05) is 6.92 Å². The summed E-state index contributed by atoms with van der Waals surface area (Å²) in [6, 6.07) is 6.52. The second-order valence-corrected chi connectivity index (χ2v) is 4.67. The van der Waals surface area contributed by atoms with E-state index >= 15 is 0 Å². The van der Waals surface area contributed by atoms with Crippen molar-refractivity contribution in [3.8, 4) is 17.6 Å². The Kier molecular flexibility index (Phi) is 6.36. The van der Waals surface area contributed by atoms with Gasteiger partial charge in [-0.25, -0.2) is 0 Å². The molecule has 1 nitrogen and oxygen atoms in total. The highest BCUT2D eigenvalue weighted by molar-refractivity contribution is 5.39. The first-order chi connectivity index (χ1) is 8.69. The Balaban J connectivity index is 2.79. The Hall–Kier alpha value is -1.42. The van der Waals surface area contributed by atoms with Crippen LogP contribution in [0.2, 0.25) is 0 Å². The molecule has 1 aromatic rings. The van der Waals surface area contributed by atoms with Crippen LogP contribution in [-0.4, -0.2) is 6.61 Å². The fourth-order valence-corrected chi connectivity index (χ4v) is 1.91. The van der Waals surface area contributed by atoms with Crippen LogP contribution in [0.3, 0.4) is 0 Å². The summed E-state index contributed by atoms with van der Waals surface area (Å²) in [5.74, 6) is 7.82. The van der Waals surface area contributed by atoms with Crippen LogP contribution in [-0.2, 0) is 6.42 Å². The fraction of sp³-hybridized carbons (Fsp3) is 0.529. The quantitative estimate of drug-likeness (QED) is 0.690. The molecule has 1 aromatic carbocycles. The molecule has 98 valence electrons. The Morgan fingerprint density at radius 2 is 1.94 bits per heavy atom. The first-order valence-electron chi connectivity index (χ1n) is 6.90. The van der Waals surface area contributed by atoms with Crippen LogP contribution in [0.15, 0.2) is 18.2 Å². The molecule has 0 fully saturated rings. The SMILES string of the molecule is CCC#CCCc1ccc(OCC)c(C(C)C)c1. The zero-order valence-electron chi connectivity index (χ0n) is 12.0. The number of benzene rings is 1. The number of hydrogen-bond acceptors (Lipinski definition) is 1. The van der Waals surface area contributed by atoms with E-state index in [9.17, 15) is 0 Å². The molecule has 0 aromatic heterocycles. The molecular formula is C17H24O. The van der Waals surface area contributed by atoms with E-state index < -0.39 is 0 Å². The lowest BCUT2D eigenvalue weighted by Gasteiger charge is -2.14. The molecule has 0 N–H and O–H groups in total. The molecule has 0 heterocycles. The third kappa shape index (κ3) is 4.45. The van der Waals surface area contributed by atoms with Crippen LogP contribution in [0, 0.1) is 11.8 Å². The van der Waals surface area contributed by atoms with Crippen LogP contribution >= 0.6 is 0 Å². The number of hydrogen-bond donors (Lipinski definition) is 0.